The number of nitrogens with two attached hydrogens (primary N) is 1. The van der Waals surface area contributed by atoms with Gasteiger partial charge in [0.1, 0.15) is 6.61 Å². The molecule has 0 saturated carbocycles. The van der Waals surface area contributed by atoms with E-state index in [2.05, 4.69) is 16.2 Å². The Kier molecular flexibility index (Phi) is 14.1. The predicted octanol–water partition coefficient (Wildman–Crippen LogP) is 5.41. The highest BCUT2D eigenvalue weighted by Gasteiger charge is 2.53. The Balaban J connectivity index is 1.47. The minimum absolute atomic E-state index is 0.0230. The van der Waals surface area contributed by atoms with E-state index in [1.165, 1.54) is 6.92 Å². The number of allylic oxidation sites excluding steroid dienone is 1. The zero-order valence-corrected chi connectivity index (χ0v) is 31.2. The van der Waals surface area contributed by atoms with Crippen LogP contribution in [0, 0.1) is 23.2 Å². The molecule has 6 N–H and O–H groups in total. The first-order chi connectivity index (χ1) is 26.1. The molecule has 3 amide bonds. The van der Waals surface area contributed by atoms with Gasteiger partial charge in [-0.15, -0.1) is 0 Å². The second kappa shape index (κ2) is 18.9. The summed E-state index contributed by atoms with van der Waals surface area (Å²) in [5.74, 6) is 0.727. The molecule has 1 fully saturated rings. The molecular weight excluding hydrogens is 688 g/mol. The zero-order valence-electron chi connectivity index (χ0n) is 31.2. The normalized spacial score (nSPS) is 18.1. The van der Waals surface area contributed by atoms with Gasteiger partial charge in [-0.2, -0.15) is 0 Å². The number of hydrogen-bond donors (Lipinski definition) is 5. The number of Topliss-reactive ketones (excluding diaryl/α,β-unsaturated/α-hetero) is 1. The van der Waals surface area contributed by atoms with Gasteiger partial charge in [-0.05, 0) is 66.3 Å². The van der Waals surface area contributed by atoms with Gasteiger partial charge < -0.3 is 19.9 Å². The van der Waals surface area contributed by atoms with Crippen LogP contribution in [0.5, 0.6) is 0 Å². The molecule has 12 heteroatoms. The summed E-state index contributed by atoms with van der Waals surface area (Å²) >= 11 is 0. The fourth-order valence-electron chi connectivity index (χ4n) is 7.76. The first kappa shape index (κ1) is 40.3. The van der Waals surface area contributed by atoms with E-state index in [-0.39, 0.29) is 31.3 Å². The van der Waals surface area contributed by atoms with Crippen molar-refractivity contribution in [2.24, 2.45) is 29.0 Å². The maximum atomic E-state index is 15.0. The number of hydrogen-bond acceptors (Lipinski definition) is 9. The third-order valence-electron chi connectivity index (χ3n) is 10.3. The fraction of sp³-hybridized carbons (Fsp3) is 0.429. The van der Waals surface area contributed by atoms with Crippen LogP contribution in [-0.2, 0) is 28.7 Å². The summed E-state index contributed by atoms with van der Waals surface area (Å²) in [5, 5.41) is 13.3. The topological polar surface area (TPSA) is 178 Å². The van der Waals surface area contributed by atoms with Crippen LogP contribution in [0.4, 0.5) is 4.79 Å². The van der Waals surface area contributed by atoms with Crippen LogP contribution < -0.4 is 22.1 Å². The molecule has 12 nitrogen and oxygen atoms in total. The monoisotopic (exact) mass is 740 g/mol. The van der Waals surface area contributed by atoms with E-state index in [0.29, 0.717) is 18.6 Å². The van der Waals surface area contributed by atoms with Crippen LogP contribution in [0.1, 0.15) is 75.5 Å². The number of aliphatic hydroxyl groups is 1. The van der Waals surface area contributed by atoms with Gasteiger partial charge in [0.25, 0.3) is 0 Å². The molecule has 3 aromatic carbocycles. The number of ketones is 1. The SMILES string of the molecule is CC(C)C[C@@H](C(=O)NN)[C@H](C(=O)NOC1CCCCO1)C(/C=C/c1ccccc1)(CCO)C(=O)[C@@H](C)NC(=O)OCC1c2ccccc2-c2ccccc21. The first-order valence-electron chi connectivity index (χ1n) is 18.7. The van der Waals surface area contributed by atoms with Crippen molar-refractivity contribution in [1.29, 1.82) is 0 Å². The number of carbonyl (C=O) groups is 4. The number of nitrogens with one attached hydrogen (secondary N) is 3. The van der Waals surface area contributed by atoms with Gasteiger partial charge in [0.15, 0.2) is 12.1 Å². The average molecular weight is 741 g/mol. The Labute approximate surface area is 316 Å². The Hall–Kier alpha value is -4.88. The highest BCUT2D eigenvalue weighted by atomic mass is 16.8. The van der Waals surface area contributed by atoms with E-state index in [9.17, 15) is 19.5 Å². The minimum atomic E-state index is -1.85. The molecule has 1 heterocycles. The number of rotatable bonds is 17. The number of amides is 3. The van der Waals surface area contributed by atoms with E-state index < -0.39 is 59.9 Å². The van der Waals surface area contributed by atoms with Crippen molar-refractivity contribution in [1.82, 2.24) is 16.2 Å². The van der Waals surface area contributed by atoms with Gasteiger partial charge in [0.05, 0.1) is 23.3 Å². The number of carbonyl (C=O) groups excluding carboxylic acids is 4. The molecule has 0 radical (unpaired) electrons. The van der Waals surface area contributed by atoms with Crippen molar-refractivity contribution in [2.45, 2.75) is 71.1 Å². The van der Waals surface area contributed by atoms with Crippen molar-refractivity contribution in [2.75, 3.05) is 19.8 Å². The summed E-state index contributed by atoms with van der Waals surface area (Å²) in [7, 11) is 0. The van der Waals surface area contributed by atoms with Crippen LogP contribution in [-0.4, -0.2) is 60.9 Å². The van der Waals surface area contributed by atoms with E-state index in [0.717, 1.165) is 35.1 Å². The average Bonchev–Trinajstić information content (AvgIpc) is 3.51. The van der Waals surface area contributed by atoms with Crippen LogP contribution in [0.2, 0.25) is 0 Å². The Morgan fingerprint density at radius 3 is 2.17 bits per heavy atom. The molecule has 0 spiro atoms. The van der Waals surface area contributed by atoms with Crippen molar-refractivity contribution < 1.29 is 38.6 Å². The highest BCUT2D eigenvalue weighted by Crippen LogP contribution is 2.45. The highest BCUT2D eigenvalue weighted by molar-refractivity contribution is 6.00. The number of fused-ring (bicyclic) bond motifs is 3. The maximum absolute atomic E-state index is 15.0. The molecule has 54 heavy (non-hydrogen) atoms. The summed E-state index contributed by atoms with van der Waals surface area (Å²) in [4.78, 5) is 62.3. The Morgan fingerprint density at radius 1 is 0.926 bits per heavy atom. The summed E-state index contributed by atoms with van der Waals surface area (Å²) in [6, 6.07) is 23.8. The molecule has 5 rings (SSSR count). The number of hydrazine groups is 1. The quantitative estimate of drug-likeness (QED) is 0.0688. The summed E-state index contributed by atoms with van der Waals surface area (Å²) in [5.41, 5.74) is 7.74. The smallest absolute Gasteiger partial charge is 0.407 e. The summed E-state index contributed by atoms with van der Waals surface area (Å²) in [6.45, 7) is 5.21. The molecule has 1 aliphatic carbocycles. The number of hydroxylamine groups is 1. The van der Waals surface area contributed by atoms with Gasteiger partial charge in [-0.1, -0.05) is 105 Å². The van der Waals surface area contributed by atoms with E-state index in [1.54, 1.807) is 12.2 Å². The number of benzene rings is 3. The molecule has 1 saturated heterocycles. The largest absolute Gasteiger partial charge is 0.449 e. The van der Waals surface area contributed by atoms with Crippen molar-refractivity contribution in [3.63, 3.8) is 0 Å². The molecule has 3 aromatic rings. The van der Waals surface area contributed by atoms with Gasteiger partial charge in [-0.25, -0.2) is 21.0 Å². The van der Waals surface area contributed by atoms with Crippen LogP contribution in [0.25, 0.3) is 17.2 Å². The van der Waals surface area contributed by atoms with Crippen LogP contribution in [0.3, 0.4) is 0 Å². The van der Waals surface area contributed by atoms with Crippen molar-refractivity contribution in [3.8, 4) is 11.1 Å². The first-order valence-corrected chi connectivity index (χ1v) is 18.7. The maximum Gasteiger partial charge on any atom is 0.407 e. The Morgan fingerprint density at radius 2 is 1.57 bits per heavy atom. The lowest BCUT2D eigenvalue weighted by molar-refractivity contribution is -0.204. The van der Waals surface area contributed by atoms with E-state index in [1.807, 2.05) is 92.7 Å². The fourth-order valence-corrected chi connectivity index (χ4v) is 7.76. The van der Waals surface area contributed by atoms with Gasteiger partial charge in [-0.3, -0.25) is 19.8 Å². The van der Waals surface area contributed by atoms with Gasteiger partial charge >= 0.3 is 6.09 Å². The van der Waals surface area contributed by atoms with Crippen LogP contribution >= 0.6 is 0 Å². The van der Waals surface area contributed by atoms with Gasteiger partial charge in [0.2, 0.25) is 11.8 Å². The third-order valence-corrected chi connectivity index (χ3v) is 10.3. The second-order valence-corrected chi connectivity index (χ2v) is 14.4. The number of alkyl carbamates (subject to hydrolysis) is 1. The molecule has 2 aliphatic rings. The predicted molar refractivity (Wildman–Crippen MR) is 204 cm³/mol. The second-order valence-electron chi connectivity index (χ2n) is 14.4. The summed E-state index contributed by atoms with van der Waals surface area (Å²) in [6.07, 6.45) is 3.80. The molecule has 2 unspecified atom stereocenters. The minimum Gasteiger partial charge on any atom is -0.449 e. The van der Waals surface area contributed by atoms with Gasteiger partial charge in [0, 0.05) is 25.6 Å². The van der Waals surface area contributed by atoms with Crippen LogP contribution in [0.15, 0.2) is 84.9 Å². The number of ether oxygens (including phenoxy) is 2. The lowest BCUT2D eigenvalue weighted by atomic mass is 9.61. The Bertz CT molecular complexity index is 1730. The zero-order chi connectivity index (χ0) is 38.7. The molecular formula is C42H52N4O8. The lowest BCUT2D eigenvalue weighted by Gasteiger charge is -2.41. The number of aliphatic hydroxyl groups excluding tert-OH is 1. The standard InChI is InChI=1S/C42H52N4O8/c1-27(2)25-34(39(49)45-43)37(40(50)46-54-36-19-11-12-24-52-36)42(22-23-47,21-20-29-13-5-4-6-14-29)38(48)28(3)44-41(51)53-26-35-32-17-9-7-15-30(32)31-16-8-10-18-33(31)35/h4-10,13-18,20-21,27-28,34-37,47H,11-12,19,22-26,43H2,1-3H3,(H,44,51)(H,45,49)(H,46,50)/b21-20+/t28-,34-,36?,37-,42?/m1/s1. The van der Waals surface area contributed by atoms with E-state index >= 15 is 4.79 Å². The van der Waals surface area contributed by atoms with Crippen molar-refractivity contribution in [3.05, 3.63) is 102 Å². The molecule has 1 aliphatic heterocycles. The van der Waals surface area contributed by atoms with Crippen molar-refractivity contribution >= 4 is 29.8 Å². The summed E-state index contributed by atoms with van der Waals surface area (Å²) < 4.78 is 11.4. The third kappa shape index (κ3) is 9.43. The molecule has 288 valence electrons. The molecule has 0 aromatic heterocycles. The molecule has 0 bridgehead atoms. The lowest BCUT2D eigenvalue weighted by Crippen LogP contribution is -2.57. The van der Waals surface area contributed by atoms with E-state index in [4.69, 9.17) is 20.2 Å². The molecule has 5 atom stereocenters.